The Hall–Kier alpha value is -2.86. The minimum Gasteiger partial charge on any atom is -0.396 e. The number of amides is 1. The van der Waals surface area contributed by atoms with E-state index in [0.29, 0.717) is 103 Å². The molecule has 1 aliphatic heterocycles. The fraction of sp³-hybridized carbons (Fsp3) is 0.735. The van der Waals surface area contributed by atoms with Crippen LogP contribution in [0.5, 0.6) is 5.75 Å². The molecular weight excluding hydrogens is 839 g/mol. The number of anilines is 2. The summed E-state index contributed by atoms with van der Waals surface area (Å²) in [4.78, 5) is 15.6. The Balaban J connectivity index is 1.45. The van der Waals surface area contributed by atoms with Gasteiger partial charge in [0.1, 0.15) is 0 Å². The summed E-state index contributed by atoms with van der Waals surface area (Å²) in [5.74, 6) is -0.138. The van der Waals surface area contributed by atoms with E-state index in [1.165, 1.54) is 57.8 Å². The zero-order chi connectivity index (χ0) is 46.3. The first-order valence-electron chi connectivity index (χ1n) is 24.0. The number of carbonyl (C=O) groups is 1. The molecule has 64 heavy (non-hydrogen) atoms. The number of fused-ring (bicyclic) bond motifs is 1. The normalized spacial score (nSPS) is 15.1. The number of ether oxygens (including phenoxy) is 6. The highest BCUT2D eigenvalue weighted by Crippen LogP contribution is 2.46. The van der Waals surface area contributed by atoms with Crippen LogP contribution in [-0.4, -0.2) is 131 Å². The summed E-state index contributed by atoms with van der Waals surface area (Å²) < 4.78 is 56.2. The summed E-state index contributed by atoms with van der Waals surface area (Å²) in [5.41, 5.74) is 3.62. The molecule has 0 aromatic heterocycles. The van der Waals surface area contributed by atoms with Crippen molar-refractivity contribution in [2.75, 3.05) is 115 Å². The van der Waals surface area contributed by atoms with Crippen LogP contribution in [0.2, 0.25) is 0 Å². The van der Waals surface area contributed by atoms with Gasteiger partial charge in [0.25, 0.3) is 5.91 Å². The van der Waals surface area contributed by atoms with Crippen LogP contribution >= 0.6 is 0 Å². The number of rotatable bonds is 39. The van der Waals surface area contributed by atoms with E-state index in [1.807, 2.05) is 6.07 Å². The molecular formula is C49H83N3O11S. The van der Waals surface area contributed by atoms with Crippen LogP contribution in [0.25, 0.3) is 0 Å². The number of aliphatic hydroxyl groups is 2. The number of hydrogen-bond acceptors (Lipinski definition) is 12. The molecule has 4 N–H and O–H groups in total. The molecule has 14 nitrogen and oxygen atoms in total. The maximum absolute atomic E-state index is 13.6. The van der Waals surface area contributed by atoms with E-state index in [1.54, 1.807) is 24.3 Å². The van der Waals surface area contributed by atoms with Crippen LogP contribution in [0.4, 0.5) is 11.4 Å². The summed E-state index contributed by atoms with van der Waals surface area (Å²) in [6.07, 6.45) is 14.3. The molecule has 0 fully saturated rings. The van der Waals surface area contributed by atoms with Crippen LogP contribution in [0.15, 0.2) is 36.4 Å². The predicted octanol–water partition coefficient (Wildman–Crippen LogP) is 8.08. The Labute approximate surface area is 387 Å². The van der Waals surface area contributed by atoms with Gasteiger partial charge in [0.15, 0.2) is 5.75 Å². The van der Waals surface area contributed by atoms with E-state index in [-0.39, 0.29) is 42.2 Å². The summed E-state index contributed by atoms with van der Waals surface area (Å²) in [5, 5.41) is 22.2. The van der Waals surface area contributed by atoms with Crippen LogP contribution < -0.4 is 19.1 Å². The average molecular weight is 922 g/mol. The highest BCUT2D eigenvalue weighted by Gasteiger charge is 2.38. The largest absolute Gasteiger partial charge is 0.396 e. The van der Waals surface area contributed by atoms with Crippen molar-refractivity contribution in [2.24, 2.45) is 0 Å². The maximum Gasteiger partial charge on any atom is 0.316 e. The second-order valence-electron chi connectivity index (χ2n) is 17.3. The number of unbranched alkanes of at least 4 members (excludes halogenated alkanes) is 9. The Bertz CT molecular complexity index is 1570. The molecule has 0 radical (unpaired) electrons. The van der Waals surface area contributed by atoms with Crippen LogP contribution in [0.1, 0.15) is 145 Å². The van der Waals surface area contributed by atoms with Crippen molar-refractivity contribution < 1.29 is 51.8 Å². The molecule has 3 rings (SSSR count). The van der Waals surface area contributed by atoms with Gasteiger partial charge in [0, 0.05) is 43.4 Å². The third-order valence-corrected chi connectivity index (χ3v) is 12.0. The van der Waals surface area contributed by atoms with Gasteiger partial charge in [-0.25, -0.2) is 0 Å². The fourth-order valence-corrected chi connectivity index (χ4v) is 8.58. The quantitative estimate of drug-likeness (QED) is 0.0477. The zero-order valence-electron chi connectivity index (χ0n) is 39.8. The molecule has 0 aliphatic carbocycles. The molecule has 1 amide bonds. The molecule has 0 spiro atoms. The molecule has 2 aromatic rings. The van der Waals surface area contributed by atoms with Crippen molar-refractivity contribution in [1.82, 2.24) is 5.32 Å². The summed E-state index contributed by atoms with van der Waals surface area (Å²) in [6.45, 7) is 17.7. The van der Waals surface area contributed by atoms with E-state index in [2.05, 4.69) is 55.6 Å². The second-order valence-corrected chi connectivity index (χ2v) is 18.1. The van der Waals surface area contributed by atoms with Crippen molar-refractivity contribution in [1.29, 1.82) is 0 Å². The van der Waals surface area contributed by atoms with Crippen molar-refractivity contribution in [3.8, 4) is 5.75 Å². The Morgan fingerprint density at radius 2 is 1.30 bits per heavy atom. The van der Waals surface area contributed by atoms with Gasteiger partial charge in [0.05, 0.1) is 90.5 Å². The third kappa shape index (κ3) is 21.6. The molecule has 2 unspecified atom stereocenters. The molecule has 1 heterocycles. The van der Waals surface area contributed by atoms with E-state index in [9.17, 15) is 14.1 Å². The maximum atomic E-state index is 13.6. The SMILES string of the molecule is CCCCCCCCCCCCOCCCNC(=O)c1ccccc1OS(=O)Nc1cc2c(cc1C(C)C)N(CCOCCOCCOCCOCCOCCO)C(C)(C)CC2CO. The number of carbonyl (C=O) groups excluding carboxylic acids is 1. The number of benzene rings is 2. The molecule has 0 bridgehead atoms. The topological polar surface area (TPSA) is 167 Å². The summed E-state index contributed by atoms with van der Waals surface area (Å²) in [7, 11) is 0. The number of nitrogens with zero attached hydrogens (tertiary/aromatic N) is 1. The summed E-state index contributed by atoms with van der Waals surface area (Å²) >= 11 is -2.03. The average Bonchev–Trinajstić information content (AvgIpc) is 3.27. The first kappa shape index (κ1) is 55.5. The standard InChI is InChI=1S/C49H83N3O11S/c1-6-7-8-9-10-11-12-13-14-17-24-57-25-18-21-50-48(55)42-19-15-16-20-47(42)63-64(56)51-45-36-44-41(39-54)38-49(4,5)52(46(44)37-43(45)40(2)3)22-26-58-28-30-60-32-34-62-35-33-61-31-29-59-27-23-53/h15-16,19-20,36-37,40-41,51,53-54H,6-14,17-18,21-35,38-39H2,1-5H3,(H,50,55). The van der Waals surface area contributed by atoms with Gasteiger partial charge < -0.3 is 53.0 Å². The smallest absolute Gasteiger partial charge is 0.316 e. The van der Waals surface area contributed by atoms with Crippen LogP contribution in [0.3, 0.4) is 0 Å². The molecule has 366 valence electrons. The Morgan fingerprint density at radius 3 is 1.89 bits per heavy atom. The lowest BCUT2D eigenvalue weighted by Crippen LogP contribution is -2.50. The van der Waals surface area contributed by atoms with E-state index >= 15 is 0 Å². The van der Waals surface area contributed by atoms with E-state index in [4.69, 9.17) is 37.7 Å². The molecule has 1 aliphatic rings. The van der Waals surface area contributed by atoms with Gasteiger partial charge in [-0.1, -0.05) is 90.7 Å². The first-order chi connectivity index (χ1) is 31.1. The highest BCUT2D eigenvalue weighted by atomic mass is 32.2. The van der Waals surface area contributed by atoms with Crippen LogP contribution in [0, 0.1) is 0 Å². The van der Waals surface area contributed by atoms with Gasteiger partial charge in [-0.15, -0.1) is 0 Å². The molecule has 0 saturated heterocycles. The first-order valence-corrected chi connectivity index (χ1v) is 25.1. The van der Waals surface area contributed by atoms with E-state index in [0.717, 1.165) is 36.3 Å². The van der Waals surface area contributed by atoms with E-state index < -0.39 is 11.3 Å². The van der Waals surface area contributed by atoms with Crippen molar-refractivity contribution in [3.63, 3.8) is 0 Å². The number of para-hydroxylation sites is 1. The second kappa shape index (κ2) is 33.6. The molecule has 0 saturated carbocycles. The third-order valence-electron chi connectivity index (χ3n) is 11.3. The zero-order valence-corrected chi connectivity index (χ0v) is 40.7. The Kier molecular flexibility index (Phi) is 29.1. The van der Waals surface area contributed by atoms with Gasteiger partial charge in [0.2, 0.25) is 0 Å². The highest BCUT2D eigenvalue weighted by molar-refractivity contribution is 7.82. The minimum atomic E-state index is -2.03. The fourth-order valence-electron chi connectivity index (χ4n) is 7.87. The van der Waals surface area contributed by atoms with Gasteiger partial charge in [-0.3, -0.25) is 9.52 Å². The van der Waals surface area contributed by atoms with Crippen molar-refractivity contribution in [2.45, 2.75) is 129 Å². The number of nitrogens with one attached hydrogen (secondary N) is 2. The molecule has 15 heteroatoms. The monoisotopic (exact) mass is 922 g/mol. The van der Waals surface area contributed by atoms with Crippen molar-refractivity contribution >= 4 is 28.5 Å². The van der Waals surface area contributed by atoms with Gasteiger partial charge in [-0.2, -0.15) is 4.21 Å². The Morgan fingerprint density at radius 1 is 0.750 bits per heavy atom. The predicted molar refractivity (Wildman–Crippen MR) is 256 cm³/mol. The lowest BCUT2D eigenvalue weighted by atomic mass is 9.78. The van der Waals surface area contributed by atoms with Gasteiger partial charge >= 0.3 is 11.3 Å². The minimum absolute atomic E-state index is 0.00628. The van der Waals surface area contributed by atoms with Crippen LogP contribution in [-0.2, 0) is 39.7 Å². The summed E-state index contributed by atoms with van der Waals surface area (Å²) in [6, 6.07) is 10.9. The number of aliphatic hydroxyl groups excluding tert-OH is 2. The lowest BCUT2D eigenvalue weighted by Gasteiger charge is -2.48. The molecule has 2 aromatic carbocycles. The lowest BCUT2D eigenvalue weighted by molar-refractivity contribution is -0.0130. The number of hydrogen-bond donors (Lipinski definition) is 4. The van der Waals surface area contributed by atoms with Crippen molar-refractivity contribution in [3.05, 3.63) is 53.1 Å². The van der Waals surface area contributed by atoms with Gasteiger partial charge in [-0.05, 0) is 74.4 Å². The molecule has 2 atom stereocenters.